The van der Waals surface area contributed by atoms with Crippen LogP contribution in [0.2, 0.25) is 0 Å². The van der Waals surface area contributed by atoms with Crippen molar-refractivity contribution in [2.24, 2.45) is 0 Å². The lowest BCUT2D eigenvalue weighted by Crippen LogP contribution is -2.16. The topological polar surface area (TPSA) is 89.5 Å². The predicted octanol–water partition coefficient (Wildman–Crippen LogP) is 32.0. The van der Waals surface area contributed by atoms with Gasteiger partial charge < -0.3 is 51.6 Å². The van der Waals surface area contributed by atoms with Crippen molar-refractivity contribution in [3.05, 3.63) is 434 Å². The zero-order valence-electron chi connectivity index (χ0n) is 75.7. The van der Waals surface area contributed by atoms with Gasteiger partial charge in [0.15, 0.2) is 5.58 Å². The van der Waals surface area contributed by atoms with E-state index in [1.54, 1.807) is 0 Å². The zero-order chi connectivity index (χ0) is 90.6. The van der Waals surface area contributed by atoms with Crippen LogP contribution in [-0.4, -0.2) is 41.5 Å². The molecule has 0 fully saturated rings. The smallest absolute Gasteiger partial charge is 0.159 e. The van der Waals surface area contributed by atoms with Gasteiger partial charge in [-0.1, -0.05) is 244 Å². The molecule has 2 aliphatic heterocycles. The van der Waals surface area contributed by atoms with Crippen molar-refractivity contribution in [1.82, 2.24) is 41.5 Å². The molecule has 0 amide bonds. The van der Waals surface area contributed by atoms with Crippen LogP contribution < -0.4 is 10.6 Å². The van der Waals surface area contributed by atoms with E-state index in [1.807, 2.05) is 12.3 Å². The number of pyridine rings is 1. The quantitative estimate of drug-likeness (QED) is 0.151. The molecule has 4 aliphatic rings. The maximum atomic E-state index is 7.61. The van der Waals surface area contributed by atoms with Crippen molar-refractivity contribution in [2.75, 3.05) is 10.6 Å². The van der Waals surface area contributed by atoms with Crippen LogP contribution in [0.4, 0.5) is 11.4 Å². The number of anilines is 2. The van der Waals surface area contributed by atoms with Gasteiger partial charge in [0.2, 0.25) is 0 Å². The molecule has 0 saturated heterocycles. The van der Waals surface area contributed by atoms with E-state index in [4.69, 9.17) is 9.40 Å². The maximum Gasteiger partial charge on any atom is 0.159 e. The van der Waals surface area contributed by atoms with Crippen LogP contribution in [0, 0.1) is 0 Å². The Balaban J connectivity index is 0.550. The van der Waals surface area contributed by atoms with Crippen molar-refractivity contribution in [3.63, 3.8) is 0 Å². The fraction of sp³-hybridized carbons (Fsp3) is 0.0472. The number of allylic oxidation sites excluding steroid dienone is 1. The molecule has 0 bridgehead atoms. The van der Waals surface area contributed by atoms with Gasteiger partial charge >= 0.3 is 0 Å². The highest BCUT2D eigenvalue weighted by atomic mass is 16.3. The number of benzene rings is 18. The minimum absolute atomic E-state index is 0.175. The molecule has 32 rings (SSSR count). The summed E-state index contributed by atoms with van der Waals surface area (Å²) in [5, 5.41) is 25.7. The van der Waals surface area contributed by atoms with Crippen molar-refractivity contribution in [3.8, 4) is 90.5 Å². The molecule has 0 radical (unpaired) electrons. The van der Waals surface area contributed by atoms with Gasteiger partial charge in [-0.15, -0.1) is 0 Å². The molecule has 0 spiro atoms. The fourth-order valence-corrected chi connectivity index (χ4v) is 25.5. The third-order valence-corrected chi connectivity index (χ3v) is 31.5. The number of hydrogen-bond acceptors (Lipinski definition) is 4. The molecule has 2 N–H and O–H groups in total. The van der Waals surface area contributed by atoms with E-state index in [-0.39, 0.29) is 5.41 Å². The molecule has 0 atom stereocenters. The Morgan fingerprint density at radius 2 is 0.777 bits per heavy atom. The number of fused-ring (bicyclic) bond motifs is 36. The van der Waals surface area contributed by atoms with Gasteiger partial charge in [0.05, 0.1) is 117 Å². The van der Waals surface area contributed by atoms with Crippen LogP contribution in [0.3, 0.4) is 0 Å². The van der Waals surface area contributed by atoms with Gasteiger partial charge in [-0.3, -0.25) is 4.98 Å². The van der Waals surface area contributed by atoms with Crippen LogP contribution in [0.25, 0.3) is 260 Å². The standard InChI is InChI=1S/C127H81N11O/c1-127(2)102-36-13-6-28-85(102)86-56-54-82(68-103(86)127)136-107-39-16-9-31-89(107)100-71-129-117-96-33-11-18-41-109(96)137(124(117)122(100)136)84-55-57-90-94-35-21-43-114(126(94)139-115(90)70-84)138-110-42-19-12-34-97(110)118-125(138)123-101(72-130-118)99-67-77(47-62-112(99)133(123)78-26-4-3-5-27-78)76-46-61-111-98(66-76)93-59-58-92-88-30-8-15-38-106(88)134(120(92)121(93)135(111)81-48-44-73-23-20-24-75(73)65-81)80-52-50-79(51-53-80)132-105-37-14-7-29-87(105)91-60-63-113-116(119(91)132)95-32-10-17-40-108(95)131(113)83-49-45-74-25-22-64-128-104(74)69-83/h3-23,25-70,129-130H,24,71-72H2,1-2H3. The number of nitrogens with one attached hydrogen (secondary N) is 2. The summed E-state index contributed by atoms with van der Waals surface area (Å²) in [5.74, 6) is 0. The van der Waals surface area contributed by atoms with Gasteiger partial charge in [0, 0.05) is 157 Å². The minimum atomic E-state index is -0.175. The average Bonchev–Trinajstić information content (AvgIpc) is 1.54. The van der Waals surface area contributed by atoms with E-state index in [9.17, 15) is 0 Å². The summed E-state index contributed by atoms with van der Waals surface area (Å²) in [6.45, 7) is 6.06. The molecular weight excluding hydrogens is 1700 g/mol. The SMILES string of the molecule is CC1(C)c2ccccc2-c2ccc(-n3c4c(c5ccccc53)CNc3c-4n(-c4ccc5c(c4)oc4c(-n6c7c(c8ccccc86)NCc6c-7n(-c7ccccc7)c7ccc(-c8ccc9c(c8)c8ccc%10c%11ccccc%11n(-c%11ccc(-n%12c%13ccccc%13c%13ccc%14c(c%15ccccc%15n%14-c%14ccc%15cccnc%15c%14)c%13%12)cc%11)c%10c8n9-c8ccc9c(c8)CC=C9)cc67)cccc45)c4ccccc34)cc21. The predicted molar refractivity (Wildman–Crippen MR) is 575 cm³/mol. The number of para-hydroxylation sites is 8. The number of nitrogens with zero attached hydrogens (tertiary/aromatic N) is 9. The lowest BCUT2D eigenvalue weighted by atomic mass is 9.82. The zero-order valence-corrected chi connectivity index (χ0v) is 75.7. The van der Waals surface area contributed by atoms with Crippen LogP contribution >= 0.6 is 0 Å². The number of hydrogen-bond donors (Lipinski definition) is 2. The number of furan rings is 1. The van der Waals surface area contributed by atoms with Crippen molar-refractivity contribution in [2.45, 2.75) is 38.8 Å². The van der Waals surface area contributed by atoms with Gasteiger partial charge in [-0.25, -0.2) is 0 Å². The maximum absolute atomic E-state index is 7.61. The van der Waals surface area contributed by atoms with E-state index >= 15 is 0 Å². The van der Waals surface area contributed by atoms with Crippen LogP contribution in [0.1, 0.15) is 47.2 Å². The Morgan fingerprint density at radius 1 is 0.295 bits per heavy atom. The third kappa shape index (κ3) is 10.1. The van der Waals surface area contributed by atoms with Crippen LogP contribution in [-0.2, 0) is 24.9 Å². The Morgan fingerprint density at radius 3 is 1.51 bits per heavy atom. The summed E-state index contributed by atoms with van der Waals surface area (Å²) in [6.07, 6.45) is 7.34. The Labute approximate surface area is 795 Å². The summed E-state index contributed by atoms with van der Waals surface area (Å²) in [6, 6.07) is 145. The van der Waals surface area contributed by atoms with Gasteiger partial charge in [0.25, 0.3) is 0 Å². The second-order valence-electron chi connectivity index (χ2n) is 38.8. The molecule has 12 heteroatoms. The highest BCUT2D eigenvalue weighted by Crippen LogP contribution is 2.57. The largest absolute Gasteiger partial charge is 0.454 e. The third-order valence-electron chi connectivity index (χ3n) is 31.5. The molecular formula is C127H81N11O. The molecule has 12 heterocycles. The molecule has 0 unspecified atom stereocenters. The number of aromatic nitrogens is 9. The highest BCUT2D eigenvalue weighted by molar-refractivity contribution is 6.28. The molecule has 28 aromatic rings. The molecule has 2 aliphatic carbocycles. The molecule has 10 aromatic heterocycles. The second kappa shape index (κ2) is 27.6. The minimum Gasteiger partial charge on any atom is -0.454 e. The summed E-state index contributed by atoms with van der Waals surface area (Å²) in [5.41, 5.74) is 44.2. The molecule has 650 valence electrons. The average molecular weight is 1780 g/mol. The first-order valence-electron chi connectivity index (χ1n) is 48.3. The molecule has 139 heavy (non-hydrogen) atoms. The summed E-state index contributed by atoms with van der Waals surface area (Å²) < 4.78 is 27.7. The van der Waals surface area contributed by atoms with Crippen LogP contribution in [0.5, 0.6) is 0 Å². The number of rotatable bonds is 9. The molecule has 18 aromatic carbocycles. The first-order valence-corrected chi connectivity index (χ1v) is 48.3. The van der Waals surface area contributed by atoms with E-state index in [1.165, 1.54) is 120 Å². The second-order valence-corrected chi connectivity index (χ2v) is 38.8. The normalized spacial score (nSPS) is 13.6. The van der Waals surface area contributed by atoms with Crippen LogP contribution in [0.15, 0.2) is 405 Å². The van der Waals surface area contributed by atoms with Crippen molar-refractivity contribution < 1.29 is 4.42 Å². The molecule has 0 saturated carbocycles. The molecule has 12 nitrogen and oxygen atoms in total. The van der Waals surface area contributed by atoms with E-state index < -0.39 is 0 Å². The first-order chi connectivity index (χ1) is 68.7. The van der Waals surface area contributed by atoms with E-state index in [0.717, 1.165) is 185 Å². The summed E-state index contributed by atoms with van der Waals surface area (Å²) >= 11 is 0. The monoisotopic (exact) mass is 1780 g/mol. The van der Waals surface area contributed by atoms with Gasteiger partial charge in [-0.2, -0.15) is 0 Å². The Kier molecular flexibility index (Phi) is 14.9. The highest BCUT2D eigenvalue weighted by Gasteiger charge is 2.39. The summed E-state index contributed by atoms with van der Waals surface area (Å²) in [7, 11) is 0. The Bertz CT molecular complexity index is 10400. The van der Waals surface area contributed by atoms with Crippen molar-refractivity contribution in [1.29, 1.82) is 0 Å². The summed E-state index contributed by atoms with van der Waals surface area (Å²) in [4.78, 5) is 4.82. The lowest BCUT2D eigenvalue weighted by Gasteiger charge is -2.24. The fourth-order valence-electron chi connectivity index (χ4n) is 25.5. The van der Waals surface area contributed by atoms with E-state index in [0.29, 0.717) is 13.1 Å². The first kappa shape index (κ1) is 75.3. The van der Waals surface area contributed by atoms with Crippen molar-refractivity contribution >= 4 is 181 Å². The van der Waals surface area contributed by atoms with Gasteiger partial charge in [0.1, 0.15) is 5.58 Å². The van der Waals surface area contributed by atoms with E-state index in [2.05, 4.69) is 455 Å². The van der Waals surface area contributed by atoms with Gasteiger partial charge in [-0.05, 0) is 215 Å². The Hall–Kier alpha value is -18.1. The lowest BCUT2D eigenvalue weighted by molar-refractivity contribution is 0.660.